The molecular weight excluding hydrogens is 526 g/mol. The van der Waals surface area contributed by atoms with E-state index in [2.05, 4.69) is 64.1 Å². The number of amides is 2. The number of nitrogens with zero attached hydrogens (tertiary/aromatic N) is 5. The van der Waals surface area contributed by atoms with Crippen molar-refractivity contribution in [1.82, 2.24) is 35.4 Å². The third-order valence-corrected chi connectivity index (χ3v) is 9.59. The van der Waals surface area contributed by atoms with Gasteiger partial charge in [0.1, 0.15) is 6.04 Å². The Balaban J connectivity index is 1.07. The lowest BCUT2D eigenvalue weighted by Gasteiger charge is -2.37. The van der Waals surface area contributed by atoms with Gasteiger partial charge in [0.15, 0.2) is 0 Å². The molecule has 3 aliphatic rings. The first-order valence-corrected chi connectivity index (χ1v) is 15.4. The predicted octanol–water partition coefficient (Wildman–Crippen LogP) is 3.54. The summed E-state index contributed by atoms with van der Waals surface area (Å²) in [7, 11) is 2.17. The van der Waals surface area contributed by atoms with Gasteiger partial charge in [-0.25, -0.2) is 4.68 Å². The molecule has 3 heterocycles. The first-order valence-electron chi connectivity index (χ1n) is 15.4. The number of rotatable bonds is 10. The quantitative estimate of drug-likeness (QED) is 0.363. The van der Waals surface area contributed by atoms with Crippen molar-refractivity contribution in [1.29, 1.82) is 0 Å². The van der Waals surface area contributed by atoms with Crippen LogP contribution in [0.2, 0.25) is 0 Å². The molecule has 6 rings (SSSR count). The van der Waals surface area contributed by atoms with E-state index in [0.29, 0.717) is 23.9 Å². The summed E-state index contributed by atoms with van der Waals surface area (Å²) < 4.78 is 1.65. The van der Waals surface area contributed by atoms with Crippen molar-refractivity contribution < 1.29 is 9.59 Å². The molecule has 2 saturated heterocycles. The molecule has 3 atom stereocenters. The highest BCUT2D eigenvalue weighted by molar-refractivity contribution is 5.97. The van der Waals surface area contributed by atoms with E-state index in [1.165, 1.54) is 11.1 Å². The molecule has 9 nitrogen and oxygen atoms in total. The molecule has 0 unspecified atom stereocenters. The van der Waals surface area contributed by atoms with Crippen molar-refractivity contribution in [2.24, 2.45) is 5.41 Å². The smallest absolute Gasteiger partial charge is 0.251 e. The SMILES string of the molecule is Cc1ccc([C@@H]2C[C@H]2NCCC[C@H](NC(=O)c2ccc(-n3ccnn3)cc2)C(=O)N2CCC3(CCN(C)CC3)C2)cc1. The minimum atomic E-state index is -0.539. The minimum absolute atomic E-state index is 0.0577. The zero-order valence-corrected chi connectivity index (χ0v) is 24.8. The zero-order chi connectivity index (χ0) is 29.1. The van der Waals surface area contributed by atoms with Crippen molar-refractivity contribution in [3.05, 3.63) is 77.6 Å². The van der Waals surface area contributed by atoms with Crippen molar-refractivity contribution >= 4 is 11.8 Å². The Morgan fingerprint density at radius 1 is 1.02 bits per heavy atom. The van der Waals surface area contributed by atoms with E-state index in [1.807, 2.05) is 17.0 Å². The first kappa shape index (κ1) is 28.6. The van der Waals surface area contributed by atoms with Gasteiger partial charge in [0.2, 0.25) is 5.91 Å². The molecule has 1 aromatic heterocycles. The Morgan fingerprint density at radius 3 is 2.48 bits per heavy atom. The third-order valence-electron chi connectivity index (χ3n) is 9.59. The maximum Gasteiger partial charge on any atom is 0.251 e. The Bertz CT molecular complexity index is 1350. The lowest BCUT2D eigenvalue weighted by Crippen LogP contribution is -2.49. The molecule has 2 N–H and O–H groups in total. The second-order valence-electron chi connectivity index (χ2n) is 12.7. The lowest BCUT2D eigenvalue weighted by atomic mass is 9.78. The van der Waals surface area contributed by atoms with Crippen LogP contribution in [-0.2, 0) is 4.79 Å². The second-order valence-corrected chi connectivity index (χ2v) is 12.7. The Morgan fingerprint density at radius 2 is 1.76 bits per heavy atom. The van der Waals surface area contributed by atoms with E-state index in [9.17, 15) is 9.59 Å². The highest BCUT2D eigenvalue weighted by atomic mass is 16.2. The monoisotopic (exact) mass is 569 g/mol. The van der Waals surface area contributed by atoms with Gasteiger partial charge in [0.25, 0.3) is 5.91 Å². The summed E-state index contributed by atoms with van der Waals surface area (Å²) in [5.41, 5.74) is 4.26. The molecule has 1 spiro atoms. The molecule has 2 aromatic carbocycles. The predicted molar refractivity (Wildman–Crippen MR) is 163 cm³/mol. The highest BCUT2D eigenvalue weighted by Crippen LogP contribution is 2.41. The molecular formula is C33H43N7O2. The normalized spacial score (nSPS) is 22.3. The maximum absolute atomic E-state index is 13.9. The van der Waals surface area contributed by atoms with Crippen molar-refractivity contribution in [2.75, 3.05) is 39.8 Å². The van der Waals surface area contributed by atoms with Crippen LogP contribution in [0.4, 0.5) is 0 Å². The standard InChI is InChI=1S/C33H43N7O2/c1-24-5-7-25(8-6-24)28-22-30(28)34-16-3-4-29(32(42)39-20-15-33(23-39)13-18-38(2)19-14-33)36-31(41)26-9-11-27(12-10-26)40-21-17-35-37-40/h5-12,17,21,28-30,34H,3-4,13-16,18-20,22-23H2,1-2H3,(H,36,41)/t28-,29-,30+/m0/s1. The van der Waals surface area contributed by atoms with Crippen LogP contribution in [0, 0.1) is 12.3 Å². The number of carbonyl (C=O) groups is 2. The molecule has 1 saturated carbocycles. The summed E-state index contributed by atoms with van der Waals surface area (Å²) in [6.07, 6.45) is 9.29. The molecule has 3 fully saturated rings. The van der Waals surface area contributed by atoms with Gasteiger partial charge in [-0.2, -0.15) is 0 Å². The number of carbonyl (C=O) groups excluding carboxylic acids is 2. The number of aromatic nitrogens is 3. The van der Waals surface area contributed by atoms with Gasteiger partial charge in [-0.1, -0.05) is 35.0 Å². The summed E-state index contributed by atoms with van der Waals surface area (Å²) in [6.45, 7) is 6.70. The van der Waals surface area contributed by atoms with Gasteiger partial charge in [0.05, 0.1) is 18.1 Å². The Labute approximate surface area is 248 Å². The summed E-state index contributed by atoms with van der Waals surface area (Å²) in [5.74, 6) is 0.405. The molecule has 9 heteroatoms. The lowest BCUT2D eigenvalue weighted by molar-refractivity contribution is -0.133. The fourth-order valence-corrected chi connectivity index (χ4v) is 6.65. The second kappa shape index (κ2) is 12.4. The number of hydrogen-bond donors (Lipinski definition) is 2. The van der Waals surface area contributed by atoms with Crippen LogP contribution in [0.5, 0.6) is 0 Å². The largest absolute Gasteiger partial charge is 0.340 e. The van der Waals surface area contributed by atoms with Crippen molar-refractivity contribution in [3.63, 3.8) is 0 Å². The fourth-order valence-electron chi connectivity index (χ4n) is 6.65. The van der Waals surface area contributed by atoms with E-state index in [0.717, 1.165) is 70.5 Å². The van der Waals surface area contributed by atoms with Crippen LogP contribution < -0.4 is 10.6 Å². The first-order chi connectivity index (χ1) is 20.4. The molecule has 3 aromatic rings. The number of nitrogens with one attached hydrogen (secondary N) is 2. The number of hydrogen-bond acceptors (Lipinski definition) is 6. The summed E-state index contributed by atoms with van der Waals surface area (Å²) in [6, 6.07) is 16.0. The van der Waals surface area contributed by atoms with Gasteiger partial charge < -0.3 is 20.4 Å². The van der Waals surface area contributed by atoms with Crippen LogP contribution >= 0.6 is 0 Å². The van der Waals surface area contributed by atoms with E-state index < -0.39 is 6.04 Å². The highest BCUT2D eigenvalue weighted by Gasteiger charge is 2.43. The van der Waals surface area contributed by atoms with Crippen LogP contribution in [0.1, 0.15) is 65.9 Å². The molecule has 2 aliphatic heterocycles. The van der Waals surface area contributed by atoms with E-state index in [1.54, 1.807) is 29.2 Å². The molecule has 0 radical (unpaired) electrons. The van der Waals surface area contributed by atoms with Crippen LogP contribution in [0.25, 0.3) is 5.69 Å². The molecule has 42 heavy (non-hydrogen) atoms. The van der Waals surface area contributed by atoms with E-state index in [-0.39, 0.29) is 17.2 Å². The minimum Gasteiger partial charge on any atom is -0.340 e. The average molecular weight is 570 g/mol. The van der Waals surface area contributed by atoms with Crippen LogP contribution in [0.15, 0.2) is 60.9 Å². The number of likely N-dealkylation sites (tertiary alicyclic amines) is 2. The third kappa shape index (κ3) is 6.57. The molecule has 2 amide bonds. The van der Waals surface area contributed by atoms with E-state index in [4.69, 9.17) is 0 Å². The summed E-state index contributed by atoms with van der Waals surface area (Å²) in [4.78, 5) is 31.6. The summed E-state index contributed by atoms with van der Waals surface area (Å²) >= 11 is 0. The zero-order valence-electron chi connectivity index (χ0n) is 24.8. The van der Waals surface area contributed by atoms with E-state index >= 15 is 0 Å². The Kier molecular flexibility index (Phi) is 8.40. The molecule has 0 bridgehead atoms. The molecule has 222 valence electrons. The van der Waals surface area contributed by atoms with Gasteiger partial charge in [-0.05, 0) is 107 Å². The van der Waals surface area contributed by atoms with Crippen molar-refractivity contribution in [3.8, 4) is 5.69 Å². The van der Waals surface area contributed by atoms with Gasteiger partial charge >= 0.3 is 0 Å². The number of piperidine rings is 1. The Hall–Kier alpha value is -3.56. The molecule has 1 aliphatic carbocycles. The summed E-state index contributed by atoms with van der Waals surface area (Å²) in [5, 5.41) is 14.6. The van der Waals surface area contributed by atoms with Crippen LogP contribution in [0.3, 0.4) is 0 Å². The van der Waals surface area contributed by atoms with Gasteiger partial charge in [-0.3, -0.25) is 9.59 Å². The topological polar surface area (TPSA) is 95.4 Å². The average Bonchev–Trinajstić information content (AvgIpc) is 3.37. The van der Waals surface area contributed by atoms with Crippen LogP contribution in [-0.4, -0.2) is 88.5 Å². The van der Waals surface area contributed by atoms with Crippen molar-refractivity contribution in [2.45, 2.75) is 63.5 Å². The number of benzene rings is 2. The number of aryl methyl sites for hydroxylation is 1. The van der Waals surface area contributed by atoms with Gasteiger partial charge in [0, 0.05) is 30.6 Å². The maximum atomic E-state index is 13.9. The van der Waals surface area contributed by atoms with Gasteiger partial charge in [-0.15, -0.1) is 5.10 Å². The fraction of sp³-hybridized carbons (Fsp3) is 0.515.